The third-order valence-electron chi connectivity index (χ3n) is 3.72. The molecule has 1 aromatic carbocycles. The van der Waals surface area contributed by atoms with Gasteiger partial charge >= 0.3 is 6.03 Å². The summed E-state index contributed by atoms with van der Waals surface area (Å²) in [6.45, 7) is 4.34. The SMILES string of the molecule is C[C@@H](NC(=O)NCc1ccc(F)cc1)C1=CCN(C)CC1. The van der Waals surface area contributed by atoms with E-state index in [0.717, 1.165) is 25.1 Å². The molecule has 2 amide bonds. The van der Waals surface area contributed by atoms with E-state index in [2.05, 4.69) is 28.7 Å². The summed E-state index contributed by atoms with van der Waals surface area (Å²) in [6.07, 6.45) is 3.16. The van der Waals surface area contributed by atoms with Crippen LogP contribution in [-0.2, 0) is 6.54 Å². The normalized spacial score (nSPS) is 17.0. The number of likely N-dealkylation sites (N-methyl/N-ethyl adjacent to an activating group) is 1. The number of nitrogens with zero attached hydrogens (tertiary/aromatic N) is 1. The van der Waals surface area contributed by atoms with E-state index in [1.54, 1.807) is 12.1 Å². The molecule has 114 valence electrons. The summed E-state index contributed by atoms with van der Waals surface area (Å²) in [5, 5.41) is 5.72. The van der Waals surface area contributed by atoms with Crippen LogP contribution in [0.2, 0.25) is 0 Å². The summed E-state index contributed by atoms with van der Waals surface area (Å²) in [5.41, 5.74) is 2.14. The highest BCUT2D eigenvalue weighted by Gasteiger charge is 2.15. The van der Waals surface area contributed by atoms with Gasteiger partial charge in [0.2, 0.25) is 0 Å². The molecule has 2 rings (SSSR count). The maximum atomic E-state index is 12.8. The van der Waals surface area contributed by atoms with Gasteiger partial charge in [0.15, 0.2) is 0 Å². The second kappa shape index (κ2) is 7.22. The Balaban J connectivity index is 1.77. The highest BCUT2D eigenvalue weighted by Crippen LogP contribution is 2.13. The van der Waals surface area contributed by atoms with Gasteiger partial charge in [0.25, 0.3) is 0 Å². The second-order valence-electron chi connectivity index (χ2n) is 5.47. The Bertz CT molecular complexity index is 513. The Morgan fingerprint density at radius 3 is 2.71 bits per heavy atom. The summed E-state index contributed by atoms with van der Waals surface area (Å²) in [5.74, 6) is -0.272. The third-order valence-corrected chi connectivity index (χ3v) is 3.72. The molecule has 1 aromatic rings. The average Bonchev–Trinajstić information content (AvgIpc) is 2.47. The van der Waals surface area contributed by atoms with Gasteiger partial charge in [-0.3, -0.25) is 0 Å². The number of rotatable bonds is 4. The van der Waals surface area contributed by atoms with Crippen molar-refractivity contribution in [2.45, 2.75) is 25.9 Å². The first-order chi connectivity index (χ1) is 10.0. The van der Waals surface area contributed by atoms with E-state index in [-0.39, 0.29) is 17.9 Å². The zero-order valence-electron chi connectivity index (χ0n) is 12.5. The fraction of sp³-hybridized carbons (Fsp3) is 0.438. The van der Waals surface area contributed by atoms with E-state index in [1.807, 2.05) is 6.92 Å². The van der Waals surface area contributed by atoms with Crippen molar-refractivity contribution < 1.29 is 9.18 Å². The molecular weight excluding hydrogens is 269 g/mol. The fourth-order valence-corrected chi connectivity index (χ4v) is 2.30. The molecule has 1 aliphatic rings. The minimum absolute atomic E-state index is 0.0342. The lowest BCUT2D eigenvalue weighted by molar-refractivity contribution is 0.238. The van der Waals surface area contributed by atoms with E-state index in [0.29, 0.717) is 6.54 Å². The predicted molar refractivity (Wildman–Crippen MR) is 81.4 cm³/mol. The largest absolute Gasteiger partial charge is 0.334 e. The Hall–Kier alpha value is -1.88. The molecule has 0 unspecified atom stereocenters. The van der Waals surface area contributed by atoms with Crippen molar-refractivity contribution in [1.82, 2.24) is 15.5 Å². The van der Waals surface area contributed by atoms with Crippen molar-refractivity contribution in [3.8, 4) is 0 Å². The zero-order valence-corrected chi connectivity index (χ0v) is 12.5. The van der Waals surface area contributed by atoms with E-state index >= 15 is 0 Å². The fourth-order valence-electron chi connectivity index (χ4n) is 2.30. The van der Waals surface area contributed by atoms with Crippen LogP contribution < -0.4 is 10.6 Å². The van der Waals surface area contributed by atoms with Crippen molar-refractivity contribution in [2.75, 3.05) is 20.1 Å². The standard InChI is InChI=1S/C16H22FN3O/c1-12(14-7-9-20(2)10-8-14)19-16(21)18-11-13-3-5-15(17)6-4-13/h3-7,12H,8-11H2,1-2H3,(H2,18,19,21)/t12-/m1/s1. The number of halogens is 1. The zero-order chi connectivity index (χ0) is 15.2. The van der Waals surface area contributed by atoms with Crippen LogP contribution in [0.5, 0.6) is 0 Å². The first-order valence-electron chi connectivity index (χ1n) is 7.21. The molecule has 0 saturated heterocycles. The van der Waals surface area contributed by atoms with Crippen LogP contribution in [0.4, 0.5) is 9.18 Å². The molecule has 0 fully saturated rings. The van der Waals surface area contributed by atoms with E-state index < -0.39 is 0 Å². The minimum atomic E-state index is -0.272. The lowest BCUT2D eigenvalue weighted by Gasteiger charge is -2.26. The molecule has 0 aromatic heterocycles. The minimum Gasteiger partial charge on any atom is -0.334 e. The smallest absolute Gasteiger partial charge is 0.315 e. The monoisotopic (exact) mass is 291 g/mol. The maximum absolute atomic E-state index is 12.8. The molecule has 1 atom stereocenters. The molecule has 1 heterocycles. The average molecular weight is 291 g/mol. The van der Waals surface area contributed by atoms with Gasteiger partial charge in [-0.2, -0.15) is 0 Å². The quantitative estimate of drug-likeness (QED) is 0.836. The Morgan fingerprint density at radius 1 is 1.38 bits per heavy atom. The maximum Gasteiger partial charge on any atom is 0.315 e. The first-order valence-corrected chi connectivity index (χ1v) is 7.21. The van der Waals surface area contributed by atoms with Crippen molar-refractivity contribution in [2.24, 2.45) is 0 Å². The predicted octanol–water partition coefficient (Wildman–Crippen LogP) is 2.28. The molecule has 0 aliphatic carbocycles. The van der Waals surface area contributed by atoms with Crippen molar-refractivity contribution in [3.63, 3.8) is 0 Å². The van der Waals surface area contributed by atoms with Gasteiger partial charge in [-0.15, -0.1) is 0 Å². The van der Waals surface area contributed by atoms with Crippen LogP contribution in [0.3, 0.4) is 0 Å². The Labute approximate surface area is 125 Å². The van der Waals surface area contributed by atoms with Crippen LogP contribution in [0.15, 0.2) is 35.9 Å². The van der Waals surface area contributed by atoms with Gasteiger partial charge < -0.3 is 15.5 Å². The van der Waals surface area contributed by atoms with Gasteiger partial charge in [-0.1, -0.05) is 18.2 Å². The summed E-state index contributed by atoms with van der Waals surface area (Å²) < 4.78 is 12.8. The van der Waals surface area contributed by atoms with Crippen LogP contribution in [0, 0.1) is 5.82 Å². The van der Waals surface area contributed by atoms with Crippen LogP contribution in [0.1, 0.15) is 18.9 Å². The molecule has 0 saturated carbocycles. The van der Waals surface area contributed by atoms with Crippen molar-refractivity contribution >= 4 is 6.03 Å². The second-order valence-corrected chi connectivity index (χ2v) is 5.47. The molecule has 5 heteroatoms. The van der Waals surface area contributed by atoms with Crippen LogP contribution in [0.25, 0.3) is 0 Å². The Kier molecular flexibility index (Phi) is 5.33. The first kappa shape index (κ1) is 15.5. The summed E-state index contributed by atoms with van der Waals surface area (Å²) >= 11 is 0. The molecule has 21 heavy (non-hydrogen) atoms. The lowest BCUT2D eigenvalue weighted by atomic mass is 10.0. The van der Waals surface area contributed by atoms with Gasteiger partial charge in [0.05, 0.1) is 0 Å². The van der Waals surface area contributed by atoms with E-state index in [1.165, 1.54) is 17.7 Å². The molecular formula is C16H22FN3O. The number of hydrogen-bond donors (Lipinski definition) is 2. The number of urea groups is 1. The molecule has 1 aliphatic heterocycles. The molecule has 0 bridgehead atoms. The highest BCUT2D eigenvalue weighted by atomic mass is 19.1. The summed E-state index contributed by atoms with van der Waals surface area (Å²) in [7, 11) is 2.08. The number of hydrogen-bond acceptors (Lipinski definition) is 2. The summed E-state index contributed by atoms with van der Waals surface area (Å²) in [4.78, 5) is 14.1. The van der Waals surface area contributed by atoms with E-state index in [9.17, 15) is 9.18 Å². The topological polar surface area (TPSA) is 44.4 Å². The van der Waals surface area contributed by atoms with Crippen molar-refractivity contribution in [3.05, 3.63) is 47.3 Å². The van der Waals surface area contributed by atoms with Gasteiger partial charge in [0, 0.05) is 25.7 Å². The Morgan fingerprint density at radius 2 is 2.10 bits per heavy atom. The molecule has 2 N–H and O–H groups in total. The van der Waals surface area contributed by atoms with Gasteiger partial charge in [-0.05, 0) is 43.7 Å². The van der Waals surface area contributed by atoms with Gasteiger partial charge in [0.1, 0.15) is 5.82 Å². The third kappa shape index (κ3) is 4.86. The lowest BCUT2D eigenvalue weighted by Crippen LogP contribution is -2.42. The highest BCUT2D eigenvalue weighted by molar-refractivity contribution is 5.74. The van der Waals surface area contributed by atoms with Crippen LogP contribution in [-0.4, -0.2) is 37.1 Å². The van der Waals surface area contributed by atoms with Crippen molar-refractivity contribution in [1.29, 1.82) is 0 Å². The number of amides is 2. The molecule has 4 nitrogen and oxygen atoms in total. The van der Waals surface area contributed by atoms with E-state index in [4.69, 9.17) is 0 Å². The molecule has 0 spiro atoms. The molecule has 0 radical (unpaired) electrons. The van der Waals surface area contributed by atoms with Crippen LogP contribution >= 0.6 is 0 Å². The number of carbonyl (C=O) groups excluding carboxylic acids is 1. The summed E-state index contributed by atoms with van der Waals surface area (Å²) in [6, 6.07) is 5.94. The number of benzene rings is 1. The van der Waals surface area contributed by atoms with Gasteiger partial charge in [-0.25, -0.2) is 9.18 Å². The number of nitrogens with one attached hydrogen (secondary N) is 2. The number of carbonyl (C=O) groups is 1.